The van der Waals surface area contributed by atoms with Gasteiger partial charge in [-0.2, -0.15) is 0 Å². The van der Waals surface area contributed by atoms with E-state index in [2.05, 4.69) is 10.6 Å². The summed E-state index contributed by atoms with van der Waals surface area (Å²) in [6.45, 7) is 1.82. The Morgan fingerprint density at radius 3 is 2.87 bits per heavy atom. The van der Waals surface area contributed by atoms with Crippen molar-refractivity contribution >= 4 is 34.8 Å². The first-order chi connectivity index (χ1) is 11.0. The van der Waals surface area contributed by atoms with Crippen LogP contribution < -0.4 is 15.4 Å². The number of anilines is 2. The highest BCUT2D eigenvalue weighted by molar-refractivity contribution is 6.31. The maximum absolute atomic E-state index is 12.2. The molecule has 2 aromatic rings. The van der Waals surface area contributed by atoms with Crippen LogP contribution in [-0.4, -0.2) is 17.9 Å². The lowest BCUT2D eigenvalue weighted by Crippen LogP contribution is -2.39. The van der Waals surface area contributed by atoms with Gasteiger partial charge in [0.15, 0.2) is 6.10 Å². The summed E-state index contributed by atoms with van der Waals surface area (Å²) in [4.78, 5) is 24.2. The van der Waals surface area contributed by atoms with Crippen LogP contribution >= 0.6 is 11.6 Å². The largest absolute Gasteiger partial charge is 0.478 e. The fourth-order valence-corrected chi connectivity index (χ4v) is 2.51. The second kappa shape index (κ2) is 6.30. The molecule has 0 bridgehead atoms. The van der Waals surface area contributed by atoms with Crippen molar-refractivity contribution in [3.8, 4) is 5.75 Å². The lowest BCUT2D eigenvalue weighted by molar-refractivity contribution is -0.128. The van der Waals surface area contributed by atoms with E-state index in [0.29, 0.717) is 22.1 Å². The van der Waals surface area contributed by atoms with Crippen LogP contribution in [0.1, 0.15) is 12.0 Å². The highest BCUT2D eigenvalue weighted by Crippen LogP contribution is 2.30. The SMILES string of the molecule is Cc1c(Cl)cccc1NC(=O)C[C@@H]1Oc2ccccc2NC1=O. The number of nitrogens with one attached hydrogen (secondary N) is 2. The number of rotatable bonds is 3. The zero-order valence-corrected chi connectivity index (χ0v) is 13.2. The Bertz CT molecular complexity index is 776. The van der Waals surface area contributed by atoms with E-state index in [-0.39, 0.29) is 18.2 Å². The molecule has 0 fully saturated rings. The van der Waals surface area contributed by atoms with Crippen molar-refractivity contribution in [2.24, 2.45) is 0 Å². The van der Waals surface area contributed by atoms with Gasteiger partial charge in [0.05, 0.1) is 12.1 Å². The van der Waals surface area contributed by atoms with Gasteiger partial charge in [-0.1, -0.05) is 29.8 Å². The van der Waals surface area contributed by atoms with E-state index in [9.17, 15) is 9.59 Å². The fourth-order valence-electron chi connectivity index (χ4n) is 2.34. The number of fused-ring (bicyclic) bond motifs is 1. The van der Waals surface area contributed by atoms with Crippen molar-refractivity contribution < 1.29 is 14.3 Å². The van der Waals surface area contributed by atoms with Gasteiger partial charge in [0.1, 0.15) is 5.75 Å². The van der Waals surface area contributed by atoms with E-state index in [1.54, 1.807) is 36.4 Å². The van der Waals surface area contributed by atoms with Crippen molar-refractivity contribution in [3.05, 3.63) is 53.1 Å². The van der Waals surface area contributed by atoms with E-state index >= 15 is 0 Å². The number of ether oxygens (including phenoxy) is 1. The van der Waals surface area contributed by atoms with Crippen LogP contribution in [0.4, 0.5) is 11.4 Å². The van der Waals surface area contributed by atoms with E-state index in [4.69, 9.17) is 16.3 Å². The van der Waals surface area contributed by atoms with Gasteiger partial charge in [-0.3, -0.25) is 9.59 Å². The first-order valence-corrected chi connectivity index (χ1v) is 7.54. The van der Waals surface area contributed by atoms with Crippen LogP contribution in [0.25, 0.3) is 0 Å². The molecular weight excluding hydrogens is 316 g/mol. The number of para-hydroxylation sites is 2. The van der Waals surface area contributed by atoms with Gasteiger partial charge in [-0.25, -0.2) is 0 Å². The zero-order chi connectivity index (χ0) is 16.4. The second-order valence-corrected chi connectivity index (χ2v) is 5.66. The summed E-state index contributed by atoms with van der Waals surface area (Å²) >= 11 is 6.03. The first-order valence-electron chi connectivity index (χ1n) is 7.16. The van der Waals surface area contributed by atoms with Gasteiger partial charge in [-0.15, -0.1) is 0 Å². The lowest BCUT2D eigenvalue weighted by Gasteiger charge is -2.25. The highest BCUT2D eigenvalue weighted by atomic mass is 35.5. The van der Waals surface area contributed by atoms with Gasteiger partial charge < -0.3 is 15.4 Å². The van der Waals surface area contributed by atoms with Crippen LogP contribution in [-0.2, 0) is 9.59 Å². The van der Waals surface area contributed by atoms with Crippen LogP contribution in [0.5, 0.6) is 5.75 Å². The topological polar surface area (TPSA) is 67.4 Å². The Morgan fingerprint density at radius 1 is 1.26 bits per heavy atom. The third-order valence-electron chi connectivity index (χ3n) is 3.62. The minimum atomic E-state index is -0.857. The van der Waals surface area contributed by atoms with E-state index in [1.807, 2.05) is 13.0 Å². The summed E-state index contributed by atoms with van der Waals surface area (Å²) < 4.78 is 5.61. The molecule has 1 aliphatic heterocycles. The van der Waals surface area contributed by atoms with Crippen LogP contribution in [0.2, 0.25) is 5.02 Å². The Balaban J connectivity index is 1.69. The smallest absolute Gasteiger partial charge is 0.266 e. The van der Waals surface area contributed by atoms with Crippen LogP contribution in [0.15, 0.2) is 42.5 Å². The molecule has 2 aromatic carbocycles. The molecule has 1 atom stereocenters. The molecule has 118 valence electrons. The van der Waals surface area contributed by atoms with Crippen molar-refractivity contribution in [1.29, 1.82) is 0 Å². The third-order valence-corrected chi connectivity index (χ3v) is 4.03. The Hall–Kier alpha value is -2.53. The van der Waals surface area contributed by atoms with Gasteiger partial charge >= 0.3 is 0 Å². The summed E-state index contributed by atoms with van der Waals surface area (Å²) in [5.41, 5.74) is 2.01. The van der Waals surface area contributed by atoms with E-state index in [1.165, 1.54) is 0 Å². The number of carbonyl (C=O) groups is 2. The summed E-state index contributed by atoms with van der Waals surface area (Å²) in [5, 5.41) is 6.07. The van der Waals surface area contributed by atoms with Crippen molar-refractivity contribution in [3.63, 3.8) is 0 Å². The third kappa shape index (κ3) is 3.29. The molecule has 0 aliphatic carbocycles. The van der Waals surface area contributed by atoms with Crippen molar-refractivity contribution in [1.82, 2.24) is 0 Å². The average Bonchev–Trinajstić information content (AvgIpc) is 2.52. The molecule has 6 heteroatoms. The number of halogens is 1. The maximum Gasteiger partial charge on any atom is 0.266 e. The first kappa shape index (κ1) is 15.4. The molecule has 0 aromatic heterocycles. The molecule has 2 amide bonds. The van der Waals surface area contributed by atoms with E-state index < -0.39 is 6.10 Å². The molecule has 0 spiro atoms. The quantitative estimate of drug-likeness (QED) is 0.906. The molecule has 1 heterocycles. The van der Waals surface area contributed by atoms with Gasteiger partial charge in [0.25, 0.3) is 5.91 Å². The van der Waals surface area contributed by atoms with Crippen molar-refractivity contribution in [2.45, 2.75) is 19.4 Å². The van der Waals surface area contributed by atoms with Crippen LogP contribution in [0, 0.1) is 6.92 Å². The summed E-state index contributed by atoms with van der Waals surface area (Å²) in [5.74, 6) is -0.0830. The maximum atomic E-state index is 12.2. The fraction of sp³-hybridized carbons (Fsp3) is 0.176. The number of benzene rings is 2. The van der Waals surface area contributed by atoms with Crippen LogP contribution in [0.3, 0.4) is 0 Å². The molecular formula is C17H15ClN2O3. The molecule has 2 N–H and O–H groups in total. The number of carbonyl (C=O) groups excluding carboxylic acids is 2. The predicted octanol–water partition coefficient (Wildman–Crippen LogP) is 3.38. The number of hydrogen-bond acceptors (Lipinski definition) is 3. The molecule has 0 radical (unpaired) electrons. The second-order valence-electron chi connectivity index (χ2n) is 5.26. The lowest BCUT2D eigenvalue weighted by atomic mass is 10.1. The van der Waals surface area contributed by atoms with Gasteiger partial charge in [-0.05, 0) is 36.8 Å². The molecule has 0 unspecified atom stereocenters. The Kier molecular flexibility index (Phi) is 4.21. The monoisotopic (exact) mass is 330 g/mol. The minimum absolute atomic E-state index is 0.0773. The minimum Gasteiger partial charge on any atom is -0.478 e. The molecule has 1 aliphatic rings. The van der Waals surface area contributed by atoms with Gasteiger partial charge in [0, 0.05) is 10.7 Å². The zero-order valence-electron chi connectivity index (χ0n) is 12.4. The highest BCUT2D eigenvalue weighted by Gasteiger charge is 2.29. The number of hydrogen-bond donors (Lipinski definition) is 2. The summed E-state index contributed by atoms with van der Waals surface area (Å²) in [6, 6.07) is 12.4. The standard InChI is InChI=1S/C17H15ClN2O3/c1-10-11(18)5-4-7-12(10)19-16(21)9-15-17(22)20-13-6-2-3-8-14(13)23-15/h2-8,15H,9H2,1H3,(H,19,21)(H,20,22)/t15-/m0/s1. The molecule has 3 rings (SSSR count). The summed E-state index contributed by atoms with van der Waals surface area (Å²) in [7, 11) is 0. The molecule has 0 saturated carbocycles. The molecule has 23 heavy (non-hydrogen) atoms. The Morgan fingerprint density at radius 2 is 2.04 bits per heavy atom. The Labute approximate surface area is 138 Å². The van der Waals surface area contributed by atoms with Gasteiger partial charge in [0.2, 0.25) is 5.91 Å². The van der Waals surface area contributed by atoms with E-state index in [0.717, 1.165) is 5.56 Å². The molecule has 0 saturated heterocycles. The average molecular weight is 331 g/mol. The predicted molar refractivity (Wildman–Crippen MR) is 88.9 cm³/mol. The molecule has 5 nitrogen and oxygen atoms in total. The van der Waals surface area contributed by atoms with Crippen molar-refractivity contribution in [2.75, 3.05) is 10.6 Å². The normalized spacial score (nSPS) is 16.1. The summed E-state index contributed by atoms with van der Waals surface area (Å²) in [6.07, 6.45) is -0.934. The number of amides is 2.